The van der Waals surface area contributed by atoms with Gasteiger partial charge in [-0.1, -0.05) is 23.4 Å². The number of carbonyl (C=O) groups excluding carboxylic acids is 1. The summed E-state index contributed by atoms with van der Waals surface area (Å²) in [6, 6.07) is 7.45. The third-order valence-electron chi connectivity index (χ3n) is 4.32. The number of pyridine rings is 1. The summed E-state index contributed by atoms with van der Waals surface area (Å²) in [6.45, 7) is 5.78. The number of hydrogen-bond donors (Lipinski definition) is 1. The van der Waals surface area contributed by atoms with Crippen molar-refractivity contribution in [2.75, 3.05) is 7.05 Å². The monoisotopic (exact) mass is 325 g/mol. The standard InChI is InChI=1S/C18H19N3O3/c1-10-13-7-5-6-8-15(13)19-17(22)16(10)18(23)21(4)9-14-11(2)20-24-12(14)3/h5-8H,9H2,1-4H3,(H,19,22). The molecule has 0 saturated carbocycles. The Hall–Kier alpha value is -2.89. The summed E-state index contributed by atoms with van der Waals surface area (Å²) >= 11 is 0. The number of rotatable bonds is 3. The van der Waals surface area contributed by atoms with Gasteiger partial charge in [0.05, 0.1) is 12.2 Å². The van der Waals surface area contributed by atoms with Gasteiger partial charge in [-0.05, 0) is 32.4 Å². The molecular formula is C18H19N3O3. The lowest BCUT2D eigenvalue weighted by Gasteiger charge is -2.18. The van der Waals surface area contributed by atoms with Crippen molar-refractivity contribution in [2.45, 2.75) is 27.3 Å². The summed E-state index contributed by atoms with van der Waals surface area (Å²) < 4.78 is 5.13. The molecule has 0 bridgehead atoms. The van der Waals surface area contributed by atoms with Gasteiger partial charge in [0.25, 0.3) is 11.5 Å². The molecule has 0 radical (unpaired) electrons. The third kappa shape index (κ3) is 2.60. The molecule has 124 valence electrons. The number of nitrogens with one attached hydrogen (secondary N) is 1. The molecule has 2 aromatic heterocycles. The lowest BCUT2D eigenvalue weighted by atomic mass is 10.0. The number of aromatic amines is 1. The highest BCUT2D eigenvalue weighted by molar-refractivity contribution is 5.99. The molecule has 0 atom stereocenters. The maximum Gasteiger partial charge on any atom is 0.261 e. The van der Waals surface area contributed by atoms with Crippen molar-refractivity contribution in [2.24, 2.45) is 0 Å². The summed E-state index contributed by atoms with van der Waals surface area (Å²) in [5.41, 5.74) is 2.82. The normalized spacial score (nSPS) is 11.0. The predicted molar refractivity (Wildman–Crippen MR) is 91.1 cm³/mol. The van der Waals surface area contributed by atoms with Gasteiger partial charge in [-0.2, -0.15) is 0 Å². The van der Waals surface area contributed by atoms with E-state index in [1.165, 1.54) is 4.90 Å². The van der Waals surface area contributed by atoms with Crippen LogP contribution in [-0.2, 0) is 6.54 Å². The van der Waals surface area contributed by atoms with E-state index < -0.39 is 0 Å². The second-order valence-corrected chi connectivity index (χ2v) is 5.96. The van der Waals surface area contributed by atoms with E-state index in [1.54, 1.807) is 14.0 Å². The molecule has 3 rings (SSSR count). The van der Waals surface area contributed by atoms with Gasteiger partial charge in [0, 0.05) is 23.5 Å². The maximum atomic E-state index is 12.8. The molecule has 0 aliphatic heterocycles. The summed E-state index contributed by atoms with van der Waals surface area (Å²) in [6.07, 6.45) is 0. The van der Waals surface area contributed by atoms with Gasteiger partial charge in [-0.15, -0.1) is 0 Å². The fourth-order valence-corrected chi connectivity index (χ4v) is 2.89. The van der Waals surface area contributed by atoms with E-state index >= 15 is 0 Å². The second-order valence-electron chi connectivity index (χ2n) is 5.96. The Morgan fingerprint density at radius 1 is 1.25 bits per heavy atom. The minimum Gasteiger partial charge on any atom is -0.361 e. The highest BCUT2D eigenvalue weighted by Crippen LogP contribution is 2.19. The van der Waals surface area contributed by atoms with Gasteiger partial charge in [-0.3, -0.25) is 9.59 Å². The van der Waals surface area contributed by atoms with E-state index in [0.717, 1.165) is 22.2 Å². The maximum absolute atomic E-state index is 12.8. The molecule has 3 aromatic rings. The molecule has 1 amide bonds. The minimum atomic E-state index is -0.373. The zero-order valence-electron chi connectivity index (χ0n) is 14.1. The van der Waals surface area contributed by atoms with Crippen LogP contribution in [0.25, 0.3) is 10.9 Å². The molecule has 0 unspecified atom stereocenters. The Bertz CT molecular complexity index is 965. The number of carbonyl (C=O) groups is 1. The van der Waals surface area contributed by atoms with Crippen LogP contribution in [0.5, 0.6) is 0 Å². The van der Waals surface area contributed by atoms with Gasteiger partial charge >= 0.3 is 0 Å². The first-order chi connectivity index (χ1) is 11.4. The van der Waals surface area contributed by atoms with Crippen LogP contribution in [0.1, 0.15) is 32.9 Å². The number of benzene rings is 1. The van der Waals surface area contributed by atoms with Crippen LogP contribution >= 0.6 is 0 Å². The fraction of sp³-hybridized carbons (Fsp3) is 0.278. The van der Waals surface area contributed by atoms with Crippen molar-refractivity contribution >= 4 is 16.8 Å². The smallest absolute Gasteiger partial charge is 0.261 e. The molecule has 24 heavy (non-hydrogen) atoms. The average molecular weight is 325 g/mol. The van der Waals surface area contributed by atoms with Crippen molar-refractivity contribution in [3.05, 3.63) is 62.8 Å². The molecule has 0 aliphatic rings. The molecule has 2 heterocycles. The Labute approximate surface area is 139 Å². The van der Waals surface area contributed by atoms with E-state index in [9.17, 15) is 9.59 Å². The van der Waals surface area contributed by atoms with Gasteiger partial charge in [-0.25, -0.2) is 0 Å². The molecule has 6 heteroatoms. The Morgan fingerprint density at radius 2 is 1.96 bits per heavy atom. The number of fused-ring (bicyclic) bond motifs is 1. The number of H-pyrrole nitrogens is 1. The van der Waals surface area contributed by atoms with E-state index in [0.29, 0.717) is 17.9 Å². The van der Waals surface area contributed by atoms with E-state index in [1.807, 2.05) is 38.1 Å². The first-order valence-electron chi connectivity index (χ1n) is 7.69. The Morgan fingerprint density at radius 3 is 2.62 bits per heavy atom. The van der Waals surface area contributed by atoms with Crippen molar-refractivity contribution < 1.29 is 9.32 Å². The highest BCUT2D eigenvalue weighted by Gasteiger charge is 2.22. The van der Waals surface area contributed by atoms with E-state index in [-0.39, 0.29) is 17.0 Å². The van der Waals surface area contributed by atoms with Gasteiger partial charge < -0.3 is 14.4 Å². The van der Waals surface area contributed by atoms with Gasteiger partial charge in [0.15, 0.2) is 0 Å². The largest absolute Gasteiger partial charge is 0.361 e. The highest BCUT2D eigenvalue weighted by atomic mass is 16.5. The predicted octanol–water partition coefficient (Wildman–Crippen LogP) is 2.71. The first kappa shape index (κ1) is 16.0. The summed E-state index contributed by atoms with van der Waals surface area (Å²) in [7, 11) is 1.67. The van der Waals surface area contributed by atoms with Crippen LogP contribution in [0.15, 0.2) is 33.6 Å². The van der Waals surface area contributed by atoms with Crippen molar-refractivity contribution in [1.82, 2.24) is 15.0 Å². The van der Waals surface area contributed by atoms with Crippen LogP contribution in [-0.4, -0.2) is 28.0 Å². The molecule has 0 spiro atoms. The molecule has 0 aliphatic carbocycles. The van der Waals surface area contributed by atoms with Crippen molar-refractivity contribution in [1.29, 1.82) is 0 Å². The molecule has 1 N–H and O–H groups in total. The lowest BCUT2D eigenvalue weighted by Crippen LogP contribution is -2.32. The molecule has 6 nitrogen and oxygen atoms in total. The summed E-state index contributed by atoms with van der Waals surface area (Å²) in [4.78, 5) is 29.5. The van der Waals surface area contributed by atoms with Gasteiger partial charge in [0.1, 0.15) is 11.3 Å². The topological polar surface area (TPSA) is 79.2 Å². The van der Waals surface area contributed by atoms with Crippen LogP contribution in [0, 0.1) is 20.8 Å². The minimum absolute atomic E-state index is 0.169. The van der Waals surface area contributed by atoms with Crippen LogP contribution < -0.4 is 5.56 Å². The van der Waals surface area contributed by atoms with Gasteiger partial charge in [0.2, 0.25) is 0 Å². The van der Waals surface area contributed by atoms with E-state index in [2.05, 4.69) is 10.1 Å². The average Bonchev–Trinajstić information content (AvgIpc) is 2.86. The number of amides is 1. The van der Waals surface area contributed by atoms with Crippen LogP contribution in [0.3, 0.4) is 0 Å². The molecule has 0 fully saturated rings. The number of aromatic nitrogens is 2. The zero-order valence-corrected chi connectivity index (χ0v) is 14.1. The second kappa shape index (κ2) is 5.96. The number of aryl methyl sites for hydroxylation is 3. The van der Waals surface area contributed by atoms with Crippen molar-refractivity contribution in [3.8, 4) is 0 Å². The lowest BCUT2D eigenvalue weighted by molar-refractivity contribution is 0.0782. The quantitative estimate of drug-likeness (QED) is 0.803. The molecular weight excluding hydrogens is 306 g/mol. The first-order valence-corrected chi connectivity index (χ1v) is 7.69. The van der Waals surface area contributed by atoms with E-state index in [4.69, 9.17) is 4.52 Å². The molecule has 0 saturated heterocycles. The third-order valence-corrected chi connectivity index (χ3v) is 4.32. The zero-order chi connectivity index (χ0) is 17.4. The molecule has 1 aromatic carbocycles. The van der Waals surface area contributed by atoms with Crippen LogP contribution in [0.4, 0.5) is 0 Å². The Balaban J connectivity index is 2.01. The van der Waals surface area contributed by atoms with Crippen LogP contribution in [0.2, 0.25) is 0 Å². The number of para-hydroxylation sites is 1. The van der Waals surface area contributed by atoms with Crippen molar-refractivity contribution in [3.63, 3.8) is 0 Å². The Kier molecular flexibility index (Phi) is 3.97. The fourth-order valence-electron chi connectivity index (χ4n) is 2.89. The number of hydrogen-bond acceptors (Lipinski definition) is 4. The summed E-state index contributed by atoms with van der Waals surface area (Å²) in [5.74, 6) is 0.357. The SMILES string of the molecule is Cc1noc(C)c1CN(C)C(=O)c1c(C)c2ccccc2[nH]c1=O. The number of nitrogens with zero attached hydrogens (tertiary/aromatic N) is 2. The summed E-state index contributed by atoms with van der Waals surface area (Å²) in [5, 5.41) is 4.76.